The maximum atomic E-state index is 6.25. The van der Waals surface area contributed by atoms with Gasteiger partial charge in [-0.2, -0.15) is 0 Å². The molecule has 1 aromatic heterocycles. The van der Waals surface area contributed by atoms with Crippen molar-refractivity contribution in [1.29, 1.82) is 0 Å². The van der Waals surface area contributed by atoms with E-state index in [1.807, 2.05) is 29.7 Å². The maximum Gasteiger partial charge on any atom is 0.191 e. The van der Waals surface area contributed by atoms with Crippen molar-refractivity contribution in [3.63, 3.8) is 0 Å². The highest BCUT2D eigenvalue weighted by Crippen LogP contribution is 2.39. The van der Waals surface area contributed by atoms with Crippen LogP contribution in [0, 0.1) is 6.92 Å². The molecule has 7 heteroatoms. The molecule has 0 saturated carbocycles. The number of aromatic nitrogens is 3. The van der Waals surface area contributed by atoms with E-state index in [1.54, 1.807) is 11.8 Å². The average molecular weight is 338 g/mol. The van der Waals surface area contributed by atoms with Gasteiger partial charge in [0.15, 0.2) is 16.7 Å². The number of rotatable bonds is 5. The minimum Gasteiger partial charge on any atom is -0.486 e. The molecule has 0 N–H and O–H groups in total. The molecule has 0 radical (unpaired) electrons. The van der Waals surface area contributed by atoms with Gasteiger partial charge in [0.25, 0.3) is 0 Å². The van der Waals surface area contributed by atoms with E-state index in [9.17, 15) is 0 Å². The zero-order valence-corrected chi connectivity index (χ0v) is 13.8. The Morgan fingerprint density at radius 2 is 2.18 bits per heavy atom. The molecular formula is C15H16ClN3O2S. The molecule has 22 heavy (non-hydrogen) atoms. The standard InChI is InChI=1S/C15H16ClN3O2S/c1-3-4-19-10(2)17-18-15(19)22-9-11-7-12(16)14-13(8-11)20-5-6-21-14/h3,7-8H,1,4-6,9H2,2H3. The Morgan fingerprint density at radius 3 is 3.00 bits per heavy atom. The summed E-state index contributed by atoms with van der Waals surface area (Å²) in [4.78, 5) is 0. The van der Waals surface area contributed by atoms with Crippen LogP contribution in [0.2, 0.25) is 5.02 Å². The van der Waals surface area contributed by atoms with Crippen LogP contribution >= 0.6 is 23.4 Å². The first kappa shape index (κ1) is 15.2. The third-order valence-electron chi connectivity index (χ3n) is 3.24. The van der Waals surface area contributed by atoms with Crippen LogP contribution in [0.1, 0.15) is 11.4 Å². The third-order valence-corrected chi connectivity index (χ3v) is 4.56. The summed E-state index contributed by atoms with van der Waals surface area (Å²) in [6, 6.07) is 3.87. The fourth-order valence-electron chi connectivity index (χ4n) is 2.20. The van der Waals surface area contributed by atoms with Crippen LogP contribution in [0.25, 0.3) is 0 Å². The highest BCUT2D eigenvalue weighted by Gasteiger charge is 2.17. The summed E-state index contributed by atoms with van der Waals surface area (Å²) in [5.41, 5.74) is 1.06. The molecule has 0 fully saturated rings. The van der Waals surface area contributed by atoms with Crippen molar-refractivity contribution < 1.29 is 9.47 Å². The average Bonchev–Trinajstić information content (AvgIpc) is 2.86. The number of benzene rings is 1. The Labute approximate surface area is 138 Å². The second kappa shape index (κ2) is 6.62. The molecule has 0 atom stereocenters. The monoisotopic (exact) mass is 337 g/mol. The summed E-state index contributed by atoms with van der Waals surface area (Å²) < 4.78 is 13.1. The topological polar surface area (TPSA) is 49.2 Å². The van der Waals surface area contributed by atoms with Crippen LogP contribution in [0.15, 0.2) is 29.9 Å². The van der Waals surface area contributed by atoms with Gasteiger partial charge in [-0.3, -0.25) is 0 Å². The Kier molecular flexibility index (Phi) is 4.59. The number of halogens is 1. The van der Waals surface area contributed by atoms with E-state index in [4.69, 9.17) is 21.1 Å². The Hall–Kier alpha value is -1.66. The van der Waals surface area contributed by atoms with Gasteiger partial charge in [-0.1, -0.05) is 29.4 Å². The highest BCUT2D eigenvalue weighted by atomic mass is 35.5. The zero-order valence-electron chi connectivity index (χ0n) is 12.2. The van der Waals surface area contributed by atoms with E-state index >= 15 is 0 Å². The van der Waals surface area contributed by atoms with Crippen molar-refractivity contribution in [2.24, 2.45) is 0 Å². The SMILES string of the molecule is C=CCn1c(C)nnc1SCc1cc(Cl)c2c(c1)OCCO2. The first-order chi connectivity index (χ1) is 10.7. The van der Waals surface area contributed by atoms with Crippen LogP contribution in [0.5, 0.6) is 11.5 Å². The highest BCUT2D eigenvalue weighted by molar-refractivity contribution is 7.98. The number of hydrogen-bond acceptors (Lipinski definition) is 5. The molecule has 2 aromatic rings. The molecule has 0 aliphatic carbocycles. The van der Waals surface area contributed by atoms with Gasteiger partial charge in [0.2, 0.25) is 0 Å². The van der Waals surface area contributed by atoms with Gasteiger partial charge in [0.05, 0.1) is 5.02 Å². The van der Waals surface area contributed by atoms with Crippen molar-refractivity contribution >= 4 is 23.4 Å². The largest absolute Gasteiger partial charge is 0.486 e. The second-order valence-corrected chi connectivity index (χ2v) is 6.17. The van der Waals surface area contributed by atoms with Crippen LogP contribution in [0.4, 0.5) is 0 Å². The van der Waals surface area contributed by atoms with E-state index in [0.29, 0.717) is 36.3 Å². The number of thioether (sulfide) groups is 1. The smallest absolute Gasteiger partial charge is 0.191 e. The molecule has 0 spiro atoms. The van der Waals surface area contributed by atoms with Gasteiger partial charge in [-0.05, 0) is 24.6 Å². The molecule has 0 amide bonds. The third kappa shape index (κ3) is 3.08. The van der Waals surface area contributed by atoms with Crippen LogP contribution < -0.4 is 9.47 Å². The Balaban J connectivity index is 1.77. The number of allylic oxidation sites excluding steroid dienone is 1. The van der Waals surface area contributed by atoms with Crippen molar-refractivity contribution in [3.8, 4) is 11.5 Å². The first-order valence-corrected chi connectivity index (χ1v) is 8.27. The molecule has 116 valence electrons. The molecule has 1 aromatic carbocycles. The summed E-state index contributed by atoms with van der Waals surface area (Å²) >= 11 is 7.86. The van der Waals surface area contributed by atoms with Crippen molar-refractivity contribution in [3.05, 3.63) is 41.2 Å². The second-order valence-electron chi connectivity index (χ2n) is 4.82. The van der Waals surface area contributed by atoms with E-state index in [1.165, 1.54) is 0 Å². The predicted molar refractivity (Wildman–Crippen MR) is 87.0 cm³/mol. The number of hydrogen-bond donors (Lipinski definition) is 0. The molecule has 5 nitrogen and oxygen atoms in total. The van der Waals surface area contributed by atoms with Crippen LogP contribution in [0.3, 0.4) is 0 Å². The Bertz CT molecular complexity index is 702. The lowest BCUT2D eigenvalue weighted by atomic mass is 10.2. The van der Waals surface area contributed by atoms with Crippen molar-refractivity contribution in [1.82, 2.24) is 14.8 Å². The number of ether oxygens (including phenoxy) is 2. The van der Waals surface area contributed by atoms with Gasteiger partial charge in [0, 0.05) is 12.3 Å². The summed E-state index contributed by atoms with van der Waals surface area (Å²) in [7, 11) is 0. The fraction of sp³-hybridized carbons (Fsp3) is 0.333. The minimum atomic E-state index is 0.532. The maximum absolute atomic E-state index is 6.25. The van der Waals surface area contributed by atoms with Gasteiger partial charge in [-0.15, -0.1) is 16.8 Å². The number of fused-ring (bicyclic) bond motifs is 1. The molecule has 0 bridgehead atoms. The first-order valence-electron chi connectivity index (χ1n) is 6.90. The van der Waals surface area contributed by atoms with Crippen LogP contribution in [-0.4, -0.2) is 28.0 Å². The van der Waals surface area contributed by atoms with Gasteiger partial charge in [0.1, 0.15) is 19.0 Å². The van der Waals surface area contributed by atoms with Gasteiger partial charge >= 0.3 is 0 Å². The molecule has 1 aliphatic rings. The van der Waals surface area contributed by atoms with Gasteiger partial charge < -0.3 is 14.0 Å². The number of nitrogens with zero attached hydrogens (tertiary/aromatic N) is 3. The van der Waals surface area contributed by atoms with E-state index in [2.05, 4.69) is 16.8 Å². The lowest BCUT2D eigenvalue weighted by Crippen LogP contribution is -2.15. The molecule has 0 unspecified atom stereocenters. The molecule has 1 aliphatic heterocycles. The lowest BCUT2D eigenvalue weighted by molar-refractivity contribution is 0.171. The summed E-state index contributed by atoms with van der Waals surface area (Å²) in [5.74, 6) is 2.94. The zero-order chi connectivity index (χ0) is 15.5. The minimum absolute atomic E-state index is 0.532. The summed E-state index contributed by atoms with van der Waals surface area (Å²) in [6.07, 6.45) is 1.83. The fourth-order valence-corrected chi connectivity index (χ4v) is 3.41. The van der Waals surface area contributed by atoms with Crippen LogP contribution in [-0.2, 0) is 12.3 Å². The van der Waals surface area contributed by atoms with E-state index in [0.717, 1.165) is 22.3 Å². The van der Waals surface area contributed by atoms with Crippen molar-refractivity contribution in [2.75, 3.05) is 13.2 Å². The number of aryl methyl sites for hydroxylation is 1. The lowest BCUT2D eigenvalue weighted by Gasteiger charge is -2.20. The van der Waals surface area contributed by atoms with Gasteiger partial charge in [-0.25, -0.2) is 0 Å². The predicted octanol–water partition coefficient (Wildman–Crippen LogP) is 3.49. The molecule has 3 rings (SSSR count). The summed E-state index contributed by atoms with van der Waals surface area (Å²) in [5, 5.41) is 9.75. The van der Waals surface area contributed by atoms with E-state index in [-0.39, 0.29) is 0 Å². The normalized spacial score (nSPS) is 13.2. The quantitative estimate of drug-likeness (QED) is 0.617. The molecule has 0 saturated heterocycles. The molecule has 2 heterocycles. The Morgan fingerprint density at radius 1 is 1.36 bits per heavy atom. The van der Waals surface area contributed by atoms with E-state index < -0.39 is 0 Å². The molecular weight excluding hydrogens is 322 g/mol. The van der Waals surface area contributed by atoms with Crippen molar-refractivity contribution in [2.45, 2.75) is 24.4 Å². The summed E-state index contributed by atoms with van der Waals surface area (Å²) in [6.45, 7) is 7.47.